The normalized spacial score (nSPS) is 11.2. The minimum atomic E-state index is -1.43. The van der Waals surface area contributed by atoms with E-state index in [1.807, 2.05) is 0 Å². The fraction of sp³-hybridized carbons (Fsp3) is 0.111. The van der Waals surface area contributed by atoms with Crippen molar-refractivity contribution in [3.8, 4) is 11.5 Å². The van der Waals surface area contributed by atoms with E-state index in [2.05, 4.69) is 31.6 Å². The van der Waals surface area contributed by atoms with Crippen molar-refractivity contribution in [2.75, 3.05) is 21.3 Å². The molecule has 65 heavy (non-hydrogen) atoms. The third-order valence-corrected chi connectivity index (χ3v) is 9.40. The van der Waals surface area contributed by atoms with E-state index in [1.54, 1.807) is 13.8 Å². The average molecular weight is 883 g/mol. The molecule has 6 aromatic rings. The number of carbonyl (C=O) groups excluding carboxylic acids is 6. The highest BCUT2D eigenvalue weighted by molar-refractivity contribution is 6.14. The number of phenols is 1. The lowest BCUT2D eigenvalue weighted by Gasteiger charge is -2.19. The molecule has 0 aliphatic rings. The van der Waals surface area contributed by atoms with Gasteiger partial charge in [0.2, 0.25) is 11.8 Å². The van der Waals surface area contributed by atoms with Gasteiger partial charge in [-0.25, -0.2) is 4.79 Å². The zero-order valence-electron chi connectivity index (χ0n) is 34.3. The molecule has 20 nitrogen and oxygen atoms in total. The fourth-order valence-corrected chi connectivity index (χ4v) is 6.29. The number of fused-ring (bicyclic) bond motifs is 1. The van der Waals surface area contributed by atoms with Crippen molar-refractivity contribution in [1.29, 1.82) is 0 Å². The van der Waals surface area contributed by atoms with E-state index in [0.717, 1.165) is 0 Å². The average Bonchev–Trinajstić information content (AvgIpc) is 3.27. The molecule has 0 saturated carbocycles. The van der Waals surface area contributed by atoms with Gasteiger partial charge in [-0.3, -0.25) is 43.9 Å². The third-order valence-electron chi connectivity index (χ3n) is 9.40. The molecule has 0 bridgehead atoms. The number of nitro groups is 1. The van der Waals surface area contributed by atoms with E-state index in [-0.39, 0.29) is 72.9 Å². The van der Waals surface area contributed by atoms with Gasteiger partial charge in [0.15, 0.2) is 11.5 Å². The standard InChI is InChI=1S/C45H38N8O12/c1-23(2)65-39-33(19-17-32(38(39)55)43(59)49-28-15-9-26(10-16-28)45(61)62)51-40(56)24-7-13-29(14-8-24)50-44(60)34(22-36(46)54)52-41(57)25-5-11-27(12-6-25)48-42(58)31-18-20-35(53(63)64)30-4-3-21-47-37(30)31/h3-21,23,34,55H,22H2,1-2H3,(H2,46,54)(H,48,58)(H,49,59)(H,50,60)(H,51,56)(H,52,57)(H,61,62)/t34-/m0/s1. The van der Waals surface area contributed by atoms with Gasteiger partial charge in [0.05, 0.1) is 50.7 Å². The van der Waals surface area contributed by atoms with Gasteiger partial charge in [0.25, 0.3) is 29.3 Å². The van der Waals surface area contributed by atoms with Crippen molar-refractivity contribution < 1.29 is 53.4 Å². The number of aromatic hydroxyl groups is 1. The molecule has 1 atom stereocenters. The molecule has 9 N–H and O–H groups in total. The maximum atomic E-state index is 13.3. The molecule has 6 amide bonds. The Balaban J connectivity index is 1.08. The van der Waals surface area contributed by atoms with Gasteiger partial charge >= 0.3 is 5.97 Å². The van der Waals surface area contributed by atoms with E-state index < -0.39 is 70.7 Å². The van der Waals surface area contributed by atoms with E-state index in [9.17, 15) is 48.8 Å². The van der Waals surface area contributed by atoms with Gasteiger partial charge in [-0.2, -0.15) is 0 Å². The molecule has 0 aliphatic carbocycles. The van der Waals surface area contributed by atoms with Crippen molar-refractivity contribution in [2.24, 2.45) is 5.73 Å². The number of ether oxygens (including phenoxy) is 1. The van der Waals surface area contributed by atoms with Crippen molar-refractivity contribution in [3.63, 3.8) is 0 Å². The highest BCUT2D eigenvalue weighted by Gasteiger charge is 2.26. The van der Waals surface area contributed by atoms with Gasteiger partial charge in [-0.1, -0.05) is 0 Å². The Bertz CT molecular complexity index is 2870. The van der Waals surface area contributed by atoms with Gasteiger partial charge in [-0.05, 0) is 117 Å². The number of aromatic carboxylic acids is 1. The molecular formula is C45H38N8O12. The first-order valence-corrected chi connectivity index (χ1v) is 19.4. The number of nitro benzene ring substituents is 1. The van der Waals surface area contributed by atoms with Gasteiger partial charge < -0.3 is 47.3 Å². The van der Waals surface area contributed by atoms with Crippen LogP contribution in [0.4, 0.5) is 28.4 Å². The lowest BCUT2D eigenvalue weighted by Crippen LogP contribution is -2.46. The predicted molar refractivity (Wildman–Crippen MR) is 236 cm³/mol. The molecule has 0 aliphatic heterocycles. The summed E-state index contributed by atoms with van der Waals surface area (Å²) >= 11 is 0. The molecule has 0 radical (unpaired) electrons. The molecule has 1 aromatic heterocycles. The zero-order chi connectivity index (χ0) is 46.9. The second kappa shape index (κ2) is 19.7. The molecule has 0 saturated heterocycles. The Hall–Kier alpha value is -9.20. The predicted octanol–water partition coefficient (Wildman–Crippen LogP) is 5.70. The summed E-state index contributed by atoms with van der Waals surface area (Å²) in [7, 11) is 0. The number of carbonyl (C=O) groups is 7. The number of phenolic OH excluding ortho intramolecular Hbond substituents is 1. The van der Waals surface area contributed by atoms with Crippen molar-refractivity contribution in [2.45, 2.75) is 32.4 Å². The Labute approximate surface area is 368 Å². The number of hydrogen-bond donors (Lipinski definition) is 8. The van der Waals surface area contributed by atoms with Gasteiger partial charge in [0.1, 0.15) is 6.04 Å². The number of rotatable bonds is 16. The third kappa shape index (κ3) is 11.0. The van der Waals surface area contributed by atoms with Crippen LogP contribution < -0.4 is 37.1 Å². The number of aromatic nitrogens is 1. The molecule has 0 unspecified atom stereocenters. The maximum absolute atomic E-state index is 13.3. The zero-order valence-corrected chi connectivity index (χ0v) is 34.3. The Morgan fingerprint density at radius 1 is 0.692 bits per heavy atom. The van der Waals surface area contributed by atoms with Crippen LogP contribution in [0.5, 0.6) is 11.5 Å². The summed E-state index contributed by atoms with van der Waals surface area (Å²) in [6.07, 6.45) is 0.332. The number of anilines is 4. The first kappa shape index (κ1) is 45.3. The Morgan fingerprint density at radius 3 is 1.78 bits per heavy atom. The highest BCUT2D eigenvalue weighted by Crippen LogP contribution is 2.39. The van der Waals surface area contributed by atoms with E-state index in [0.29, 0.717) is 0 Å². The van der Waals surface area contributed by atoms with Gasteiger partial charge in [-0.15, -0.1) is 0 Å². The SMILES string of the molecule is CC(C)Oc1c(NC(=O)c2ccc(NC(=O)[C@H](CC(N)=O)NC(=O)c3ccc(NC(=O)c4ccc([N+](=O)[O-])c5cccnc45)cc3)cc2)ccc(C(=O)Nc2ccc(C(=O)O)cc2)c1O. The number of pyridine rings is 1. The molecule has 5 aromatic carbocycles. The van der Waals surface area contributed by atoms with Crippen LogP contribution in [-0.4, -0.2) is 73.7 Å². The van der Waals surface area contributed by atoms with Crippen LogP contribution in [0.3, 0.4) is 0 Å². The largest absolute Gasteiger partial charge is 0.504 e. The number of benzene rings is 5. The van der Waals surface area contributed by atoms with Crippen LogP contribution in [0.2, 0.25) is 0 Å². The fourth-order valence-electron chi connectivity index (χ4n) is 6.29. The summed E-state index contributed by atoms with van der Waals surface area (Å²) in [5.74, 6) is -6.37. The smallest absolute Gasteiger partial charge is 0.335 e. The number of carboxylic acid groups (broad SMARTS) is 1. The van der Waals surface area contributed by atoms with Crippen molar-refractivity contribution >= 4 is 80.8 Å². The Morgan fingerprint density at radius 2 is 1.23 bits per heavy atom. The summed E-state index contributed by atoms with van der Waals surface area (Å²) in [6, 6.07) is 23.1. The monoisotopic (exact) mass is 882 g/mol. The first-order valence-electron chi connectivity index (χ1n) is 19.4. The molecule has 0 fully saturated rings. The molecule has 20 heteroatoms. The lowest BCUT2D eigenvalue weighted by atomic mass is 10.1. The molecular weight excluding hydrogens is 845 g/mol. The van der Waals surface area contributed by atoms with Crippen molar-refractivity contribution in [1.82, 2.24) is 10.3 Å². The number of non-ortho nitro benzene ring substituents is 1. The summed E-state index contributed by atoms with van der Waals surface area (Å²) < 4.78 is 5.77. The topological polar surface area (TPSA) is 311 Å². The first-order chi connectivity index (χ1) is 31.0. The molecule has 1 heterocycles. The minimum absolute atomic E-state index is 0.0127. The summed E-state index contributed by atoms with van der Waals surface area (Å²) in [5.41, 5.74) is 6.09. The van der Waals surface area contributed by atoms with Crippen LogP contribution in [-0.2, 0) is 9.59 Å². The van der Waals surface area contributed by atoms with Crippen molar-refractivity contribution in [3.05, 3.63) is 153 Å². The number of nitrogens with zero attached hydrogens (tertiary/aromatic N) is 2. The quantitative estimate of drug-likeness (QED) is 0.0428. The number of nitrogens with one attached hydrogen (secondary N) is 5. The van der Waals surface area contributed by atoms with E-state index >= 15 is 0 Å². The second-order valence-electron chi connectivity index (χ2n) is 14.4. The number of carboxylic acids is 1. The lowest BCUT2D eigenvalue weighted by molar-refractivity contribution is -0.383. The van der Waals surface area contributed by atoms with Crippen LogP contribution in [0, 0.1) is 10.1 Å². The number of nitrogens with two attached hydrogens (primary N) is 1. The molecule has 0 spiro atoms. The maximum Gasteiger partial charge on any atom is 0.335 e. The minimum Gasteiger partial charge on any atom is -0.504 e. The van der Waals surface area contributed by atoms with Crippen LogP contribution in [0.1, 0.15) is 72.1 Å². The van der Waals surface area contributed by atoms with E-state index in [4.69, 9.17) is 15.6 Å². The number of primary amides is 1. The molecule has 330 valence electrons. The van der Waals surface area contributed by atoms with Gasteiger partial charge in [0, 0.05) is 40.5 Å². The number of hydrogen-bond acceptors (Lipinski definition) is 12. The summed E-state index contributed by atoms with van der Waals surface area (Å²) in [4.78, 5) is 104. The summed E-state index contributed by atoms with van der Waals surface area (Å²) in [5, 5.41) is 44.7. The van der Waals surface area contributed by atoms with E-state index in [1.165, 1.54) is 115 Å². The summed E-state index contributed by atoms with van der Waals surface area (Å²) in [6.45, 7) is 3.34. The van der Waals surface area contributed by atoms with Crippen LogP contribution in [0.25, 0.3) is 10.9 Å². The highest BCUT2D eigenvalue weighted by atomic mass is 16.6. The second-order valence-corrected chi connectivity index (χ2v) is 14.4. The Kier molecular flexibility index (Phi) is 13.7. The number of amides is 6. The molecule has 6 rings (SSSR count). The van der Waals surface area contributed by atoms with Crippen LogP contribution in [0.15, 0.2) is 115 Å². The van der Waals surface area contributed by atoms with Crippen LogP contribution >= 0.6 is 0 Å².